The summed E-state index contributed by atoms with van der Waals surface area (Å²) in [7, 11) is 0. The fourth-order valence-electron chi connectivity index (χ4n) is 3.53. The highest BCUT2D eigenvalue weighted by Crippen LogP contribution is 2.25. The summed E-state index contributed by atoms with van der Waals surface area (Å²) in [6.45, 7) is 3.62. The van der Waals surface area contributed by atoms with Crippen LogP contribution in [0.1, 0.15) is 35.7 Å². The van der Waals surface area contributed by atoms with Crippen LogP contribution >= 0.6 is 11.6 Å². The van der Waals surface area contributed by atoms with Crippen LogP contribution in [0.15, 0.2) is 42.5 Å². The summed E-state index contributed by atoms with van der Waals surface area (Å²) in [5.74, 6) is -1.23. The number of carbonyl (C=O) groups excluding carboxylic acids is 2. The summed E-state index contributed by atoms with van der Waals surface area (Å²) < 4.78 is 19.2. The number of hydrogen-bond donors (Lipinski definition) is 1. The van der Waals surface area contributed by atoms with Gasteiger partial charge in [-0.3, -0.25) is 9.69 Å². The van der Waals surface area contributed by atoms with Crippen molar-refractivity contribution in [2.24, 2.45) is 5.92 Å². The van der Waals surface area contributed by atoms with Crippen LogP contribution in [0.4, 0.5) is 10.1 Å². The van der Waals surface area contributed by atoms with Gasteiger partial charge >= 0.3 is 5.97 Å². The quantitative estimate of drug-likeness (QED) is 0.701. The first-order chi connectivity index (χ1) is 14.0. The van der Waals surface area contributed by atoms with E-state index in [4.69, 9.17) is 16.3 Å². The van der Waals surface area contributed by atoms with Crippen molar-refractivity contribution in [3.05, 3.63) is 64.4 Å². The number of carbonyl (C=O) groups is 2. The summed E-state index contributed by atoms with van der Waals surface area (Å²) in [5.41, 5.74) is 1.21. The minimum Gasteiger partial charge on any atom is -0.462 e. The van der Waals surface area contributed by atoms with Crippen molar-refractivity contribution < 1.29 is 18.7 Å². The van der Waals surface area contributed by atoms with Crippen LogP contribution in [0.2, 0.25) is 5.02 Å². The van der Waals surface area contributed by atoms with E-state index in [2.05, 4.69) is 5.32 Å². The Morgan fingerprint density at radius 2 is 2.03 bits per heavy atom. The number of rotatable bonds is 6. The maximum Gasteiger partial charge on any atom is 0.340 e. The second-order valence-electron chi connectivity index (χ2n) is 7.03. The van der Waals surface area contributed by atoms with Gasteiger partial charge in [0, 0.05) is 23.7 Å². The van der Waals surface area contributed by atoms with Crippen LogP contribution in [0.5, 0.6) is 0 Å². The normalized spacial score (nSPS) is 17.0. The van der Waals surface area contributed by atoms with Crippen LogP contribution in [-0.4, -0.2) is 36.5 Å². The zero-order valence-electron chi connectivity index (χ0n) is 16.3. The third-order valence-corrected chi connectivity index (χ3v) is 5.35. The number of para-hydroxylation sites is 1. The largest absolute Gasteiger partial charge is 0.462 e. The molecule has 5 nitrogen and oxygen atoms in total. The number of nitrogens with zero attached hydrogens (tertiary/aromatic N) is 1. The van der Waals surface area contributed by atoms with Crippen molar-refractivity contribution in [2.75, 3.05) is 25.0 Å². The van der Waals surface area contributed by atoms with E-state index >= 15 is 0 Å². The van der Waals surface area contributed by atoms with E-state index in [0.717, 1.165) is 19.4 Å². The molecule has 29 heavy (non-hydrogen) atoms. The molecule has 0 saturated carbocycles. The topological polar surface area (TPSA) is 58.6 Å². The van der Waals surface area contributed by atoms with Gasteiger partial charge in [-0.05, 0) is 50.6 Å². The molecule has 0 bridgehead atoms. The lowest BCUT2D eigenvalue weighted by Gasteiger charge is -2.32. The van der Waals surface area contributed by atoms with Crippen molar-refractivity contribution in [1.82, 2.24) is 4.90 Å². The third kappa shape index (κ3) is 5.34. The monoisotopic (exact) mass is 418 g/mol. The minimum absolute atomic E-state index is 0.161. The lowest BCUT2D eigenvalue weighted by atomic mass is 9.96. The molecule has 0 radical (unpaired) electrons. The molecular weight excluding hydrogens is 395 g/mol. The first-order valence-electron chi connectivity index (χ1n) is 9.71. The van der Waals surface area contributed by atoms with Crippen LogP contribution in [0.3, 0.4) is 0 Å². The van der Waals surface area contributed by atoms with E-state index in [1.807, 2.05) is 4.90 Å². The van der Waals surface area contributed by atoms with Gasteiger partial charge in [0.2, 0.25) is 5.91 Å². The smallest absolute Gasteiger partial charge is 0.340 e. The molecule has 1 amide bonds. The molecule has 1 saturated heterocycles. The standard InChI is InChI=1S/C22H24ClFN2O3/c1-2-29-22(28)16-8-3-4-11-20(16)25-21(27)15-7-6-12-26(13-15)14-17-18(23)9-5-10-19(17)24/h3-5,8-11,15H,2,6-7,12-14H2,1H3,(H,25,27). The minimum atomic E-state index is -0.470. The molecule has 1 atom stereocenters. The first-order valence-corrected chi connectivity index (χ1v) is 10.1. The number of hydrogen-bond acceptors (Lipinski definition) is 4. The average Bonchev–Trinajstić information content (AvgIpc) is 2.71. The SMILES string of the molecule is CCOC(=O)c1ccccc1NC(=O)C1CCCN(Cc2c(F)cccc2Cl)C1. The highest BCUT2D eigenvalue weighted by molar-refractivity contribution is 6.31. The molecule has 1 heterocycles. The van der Waals surface area contributed by atoms with Gasteiger partial charge < -0.3 is 10.1 Å². The van der Waals surface area contributed by atoms with Crippen molar-refractivity contribution in [3.63, 3.8) is 0 Å². The van der Waals surface area contributed by atoms with Crippen molar-refractivity contribution in [1.29, 1.82) is 0 Å². The molecule has 1 unspecified atom stereocenters. The molecule has 1 N–H and O–H groups in total. The molecule has 3 rings (SSSR count). The fourth-order valence-corrected chi connectivity index (χ4v) is 3.76. The van der Waals surface area contributed by atoms with E-state index < -0.39 is 5.97 Å². The number of ether oxygens (including phenoxy) is 1. The number of benzene rings is 2. The zero-order valence-corrected chi connectivity index (χ0v) is 17.0. The van der Waals surface area contributed by atoms with Crippen LogP contribution in [0.25, 0.3) is 0 Å². The van der Waals surface area contributed by atoms with Gasteiger partial charge in [0.05, 0.1) is 23.8 Å². The van der Waals surface area contributed by atoms with Crippen molar-refractivity contribution >= 4 is 29.2 Å². The Kier molecular flexibility index (Phi) is 7.23. The summed E-state index contributed by atoms with van der Waals surface area (Å²) >= 11 is 6.14. The maximum atomic E-state index is 14.1. The maximum absolute atomic E-state index is 14.1. The van der Waals surface area contributed by atoms with Gasteiger partial charge in [0.25, 0.3) is 0 Å². The molecule has 154 valence electrons. The summed E-state index contributed by atoms with van der Waals surface area (Å²) in [4.78, 5) is 27.0. The molecule has 0 spiro atoms. The Morgan fingerprint density at radius 3 is 2.79 bits per heavy atom. The summed E-state index contributed by atoms with van der Waals surface area (Å²) in [5, 5.41) is 3.25. The van der Waals surface area contributed by atoms with E-state index in [9.17, 15) is 14.0 Å². The predicted molar refractivity (Wildman–Crippen MR) is 110 cm³/mol. The van der Waals surface area contributed by atoms with Crippen LogP contribution in [-0.2, 0) is 16.1 Å². The Bertz CT molecular complexity index is 870. The van der Waals surface area contributed by atoms with Crippen LogP contribution < -0.4 is 5.32 Å². The molecule has 2 aromatic rings. The number of likely N-dealkylation sites (tertiary alicyclic amines) is 1. The number of anilines is 1. The number of halogens is 2. The number of amides is 1. The Labute approximate surface area is 174 Å². The molecule has 2 aromatic carbocycles. The van der Waals surface area contributed by atoms with E-state index in [0.29, 0.717) is 34.9 Å². The summed E-state index contributed by atoms with van der Waals surface area (Å²) in [6.07, 6.45) is 1.55. The van der Waals surface area contributed by atoms with Gasteiger partial charge in [-0.1, -0.05) is 29.8 Å². The Hall–Kier alpha value is -2.44. The molecule has 0 aliphatic carbocycles. The molecule has 0 aromatic heterocycles. The number of piperidine rings is 1. The zero-order chi connectivity index (χ0) is 20.8. The molecule has 7 heteroatoms. The third-order valence-electron chi connectivity index (χ3n) is 5.00. The Morgan fingerprint density at radius 1 is 1.24 bits per heavy atom. The molecular formula is C22H24ClFN2O3. The van der Waals surface area contributed by atoms with E-state index in [1.54, 1.807) is 43.3 Å². The van der Waals surface area contributed by atoms with Gasteiger partial charge in [-0.2, -0.15) is 0 Å². The van der Waals surface area contributed by atoms with E-state index in [-0.39, 0.29) is 24.2 Å². The lowest BCUT2D eigenvalue weighted by molar-refractivity contribution is -0.121. The first kappa shape index (κ1) is 21.3. The molecule has 1 fully saturated rings. The lowest BCUT2D eigenvalue weighted by Crippen LogP contribution is -2.40. The van der Waals surface area contributed by atoms with Gasteiger partial charge in [-0.25, -0.2) is 9.18 Å². The van der Waals surface area contributed by atoms with Gasteiger partial charge in [0.15, 0.2) is 0 Å². The number of esters is 1. The van der Waals surface area contributed by atoms with Crippen molar-refractivity contribution in [3.8, 4) is 0 Å². The Balaban J connectivity index is 1.67. The second-order valence-corrected chi connectivity index (χ2v) is 7.44. The molecule has 1 aliphatic rings. The average molecular weight is 419 g/mol. The van der Waals surface area contributed by atoms with Gasteiger partial charge in [0.1, 0.15) is 5.82 Å². The van der Waals surface area contributed by atoms with Gasteiger partial charge in [-0.15, -0.1) is 0 Å². The number of nitrogens with one attached hydrogen (secondary N) is 1. The van der Waals surface area contributed by atoms with Crippen molar-refractivity contribution in [2.45, 2.75) is 26.3 Å². The predicted octanol–water partition coefficient (Wildman–Crippen LogP) is 4.51. The molecule has 1 aliphatic heterocycles. The van der Waals surface area contributed by atoms with Crippen LogP contribution in [0, 0.1) is 11.7 Å². The summed E-state index contributed by atoms with van der Waals surface area (Å²) in [6, 6.07) is 11.4. The van der Waals surface area contributed by atoms with E-state index in [1.165, 1.54) is 6.07 Å². The fraction of sp³-hybridized carbons (Fsp3) is 0.364. The highest BCUT2D eigenvalue weighted by atomic mass is 35.5. The second kappa shape index (κ2) is 9.85. The highest BCUT2D eigenvalue weighted by Gasteiger charge is 2.27.